The largest absolute Gasteiger partial charge is 0.332 e. The van der Waals surface area contributed by atoms with Crippen molar-refractivity contribution in [3.8, 4) is 0 Å². The van der Waals surface area contributed by atoms with E-state index in [0.29, 0.717) is 24.2 Å². The number of thioether (sulfide) groups is 1. The van der Waals surface area contributed by atoms with Gasteiger partial charge in [-0.15, -0.1) is 12.6 Å². The topological polar surface area (TPSA) is 182 Å². The van der Waals surface area contributed by atoms with Crippen molar-refractivity contribution in [2.45, 2.75) is 50.3 Å². The number of pyridine rings is 2. The van der Waals surface area contributed by atoms with Gasteiger partial charge in [-0.2, -0.15) is 0 Å². The summed E-state index contributed by atoms with van der Waals surface area (Å²) in [5, 5.41) is 0.0142. The molecule has 306 valence electrons. The quantitative estimate of drug-likeness (QED) is 0.237. The fourth-order valence-electron chi connectivity index (χ4n) is 6.84. The maximum atomic E-state index is 13.3. The number of fused-ring (bicyclic) bond motifs is 6. The second-order valence-electron chi connectivity index (χ2n) is 14.1. The Labute approximate surface area is 352 Å². The Balaban J connectivity index is 0.000000175. The molecule has 4 aromatic heterocycles. The molecule has 4 heterocycles. The van der Waals surface area contributed by atoms with Gasteiger partial charge in [-0.25, -0.2) is 19.6 Å². The van der Waals surface area contributed by atoms with Gasteiger partial charge in [0.15, 0.2) is 17.3 Å². The van der Waals surface area contributed by atoms with Crippen molar-refractivity contribution in [3.63, 3.8) is 0 Å². The molecule has 0 atom stereocenters. The first-order valence-electron chi connectivity index (χ1n) is 18.7. The molecule has 60 heavy (non-hydrogen) atoms. The average molecular weight is 845 g/mol. The number of aromatic nitrogens is 6. The number of Topliss-reactive ketones (excluding diaryl/α,β-unsaturated/α-hetero) is 1. The van der Waals surface area contributed by atoms with Crippen LogP contribution in [0.4, 0.5) is 0 Å². The van der Waals surface area contributed by atoms with Crippen LogP contribution < -0.4 is 22.5 Å². The Hall–Kier alpha value is -6.52. The van der Waals surface area contributed by atoms with Crippen molar-refractivity contribution < 1.29 is 19.2 Å². The number of thiol groups is 1. The van der Waals surface area contributed by atoms with Crippen LogP contribution in [0.1, 0.15) is 77.8 Å². The second kappa shape index (κ2) is 17.0. The van der Waals surface area contributed by atoms with Crippen LogP contribution in [0.3, 0.4) is 0 Å². The number of carbonyl (C=O) groups excluding carboxylic acids is 4. The molecule has 14 nitrogen and oxygen atoms in total. The summed E-state index contributed by atoms with van der Waals surface area (Å²) >= 11 is 5.34. The van der Waals surface area contributed by atoms with Crippen molar-refractivity contribution in [2.75, 3.05) is 0 Å². The SMILES string of the molecule is CCc1nc2c(c3c1C(=O)C(Sc1ccc(C)cc1)=CC3=O)c(=O)n(C)c(=O)n2C.CCc1nc2c(c3c1C(=O)C=CC3=O)c(=O)n(C)c(=O)n2C.Cc1ccc(S)cc1. The molecule has 6 aromatic rings. The summed E-state index contributed by atoms with van der Waals surface area (Å²) in [6.45, 7) is 7.64. The van der Waals surface area contributed by atoms with Gasteiger partial charge in [0.2, 0.25) is 5.78 Å². The first-order chi connectivity index (χ1) is 28.4. The third-order valence-corrected chi connectivity index (χ3v) is 11.4. The lowest BCUT2D eigenvalue weighted by Gasteiger charge is -2.20. The van der Waals surface area contributed by atoms with Crippen LogP contribution in [0.2, 0.25) is 0 Å². The molecule has 0 N–H and O–H groups in total. The smallest absolute Gasteiger partial charge is 0.289 e. The first kappa shape index (κ1) is 43.1. The summed E-state index contributed by atoms with van der Waals surface area (Å²) in [4.78, 5) is 111. The first-order valence-corrected chi connectivity index (χ1v) is 20.0. The van der Waals surface area contributed by atoms with Gasteiger partial charge in [0.1, 0.15) is 11.3 Å². The van der Waals surface area contributed by atoms with Gasteiger partial charge in [0, 0.05) is 44.1 Å². The second-order valence-corrected chi connectivity index (χ2v) is 15.8. The van der Waals surface area contributed by atoms with Crippen molar-refractivity contribution >= 4 is 69.6 Å². The lowest BCUT2D eigenvalue weighted by Crippen LogP contribution is -2.39. The number of rotatable bonds is 4. The minimum atomic E-state index is -0.635. The zero-order valence-electron chi connectivity index (χ0n) is 34.1. The standard InChI is InChI=1S/C22H19N3O4S.C15H13N3O4.C7H8S/c1-5-13-16-17(18-20(23-13)24(3)22(29)25(4)21(18)28)14(26)10-15(19(16)27)30-12-8-6-11(2)7-9-12;1-4-7-10-8(19)5-6-9(20)11(10)12-13(16-7)17(2)15(22)18(3)14(12)21;1-6-2-4-7(8)5-3-6/h6-10H,5H2,1-4H3;5-6H,4H2,1-3H3;2-5,8H,1H3. The summed E-state index contributed by atoms with van der Waals surface area (Å²) in [7, 11) is 5.64. The highest BCUT2D eigenvalue weighted by Gasteiger charge is 2.34. The van der Waals surface area contributed by atoms with Gasteiger partial charge in [0.05, 0.1) is 49.3 Å². The van der Waals surface area contributed by atoms with Gasteiger partial charge in [-0.1, -0.05) is 61.0 Å². The van der Waals surface area contributed by atoms with E-state index in [-0.39, 0.29) is 60.8 Å². The zero-order chi connectivity index (χ0) is 43.9. The zero-order valence-corrected chi connectivity index (χ0v) is 35.8. The molecule has 0 radical (unpaired) electrons. The van der Waals surface area contributed by atoms with Gasteiger partial charge in [-0.3, -0.25) is 47.0 Å². The maximum Gasteiger partial charge on any atom is 0.332 e. The molecule has 0 saturated heterocycles. The Morgan fingerprint density at radius 3 is 1.42 bits per heavy atom. The van der Waals surface area contributed by atoms with Crippen molar-refractivity contribution in [1.82, 2.24) is 28.2 Å². The number of aryl methyl sites for hydroxylation is 6. The van der Waals surface area contributed by atoms with Crippen molar-refractivity contribution in [1.29, 1.82) is 0 Å². The number of carbonyl (C=O) groups is 4. The molecule has 0 bridgehead atoms. The fourth-order valence-corrected chi connectivity index (χ4v) is 7.87. The van der Waals surface area contributed by atoms with Crippen molar-refractivity contribution in [2.24, 2.45) is 28.2 Å². The molecular formula is C44H40N6O8S2. The summed E-state index contributed by atoms with van der Waals surface area (Å²) in [5.74, 6) is -1.54. The Morgan fingerprint density at radius 2 is 0.967 bits per heavy atom. The van der Waals surface area contributed by atoms with Crippen LogP contribution in [-0.2, 0) is 41.0 Å². The Bertz CT molecular complexity index is 3130. The summed E-state index contributed by atoms with van der Waals surface area (Å²) in [5.41, 5.74) is 1.49. The molecule has 0 amide bonds. The van der Waals surface area contributed by atoms with Gasteiger partial charge in [0.25, 0.3) is 11.1 Å². The van der Waals surface area contributed by atoms with Gasteiger partial charge in [-0.05, 0) is 63.1 Å². The summed E-state index contributed by atoms with van der Waals surface area (Å²) in [6.07, 6.45) is 4.40. The summed E-state index contributed by atoms with van der Waals surface area (Å²) in [6, 6.07) is 15.7. The van der Waals surface area contributed by atoms with E-state index in [2.05, 4.69) is 29.5 Å². The predicted octanol–water partition coefficient (Wildman–Crippen LogP) is 4.97. The van der Waals surface area contributed by atoms with E-state index in [0.717, 1.165) is 30.6 Å². The van der Waals surface area contributed by atoms with Crippen LogP contribution in [0.5, 0.6) is 0 Å². The van der Waals surface area contributed by atoms with Crippen LogP contribution >= 0.6 is 24.4 Å². The summed E-state index contributed by atoms with van der Waals surface area (Å²) < 4.78 is 4.28. The van der Waals surface area contributed by atoms with E-state index in [1.165, 1.54) is 66.8 Å². The molecular weight excluding hydrogens is 805 g/mol. The number of benzene rings is 2. The van der Waals surface area contributed by atoms with E-state index in [9.17, 15) is 38.4 Å². The lowest BCUT2D eigenvalue weighted by atomic mass is 9.90. The molecule has 0 saturated carbocycles. The number of allylic oxidation sites excluding steroid dienone is 4. The Morgan fingerprint density at radius 1 is 0.550 bits per heavy atom. The molecule has 8 rings (SSSR count). The Kier molecular flexibility index (Phi) is 12.2. The third-order valence-electron chi connectivity index (χ3n) is 10.1. The highest BCUT2D eigenvalue weighted by atomic mass is 32.2. The molecule has 2 aromatic carbocycles. The number of nitrogens with zero attached hydrogens (tertiary/aromatic N) is 6. The van der Waals surface area contributed by atoms with E-state index in [1.807, 2.05) is 62.4 Å². The van der Waals surface area contributed by atoms with Crippen molar-refractivity contribution in [3.05, 3.63) is 158 Å². The molecule has 0 fully saturated rings. The molecule has 2 aliphatic rings. The molecule has 2 aliphatic carbocycles. The highest BCUT2D eigenvalue weighted by molar-refractivity contribution is 8.04. The minimum Gasteiger partial charge on any atom is -0.289 e. The average Bonchev–Trinajstić information content (AvgIpc) is 3.24. The fraction of sp³-hybridized carbons (Fsp3) is 0.227. The third kappa shape index (κ3) is 7.71. The minimum absolute atomic E-state index is 0.000728. The van der Waals surface area contributed by atoms with E-state index < -0.39 is 34.1 Å². The van der Waals surface area contributed by atoms with Crippen LogP contribution in [0.25, 0.3) is 22.1 Å². The number of hydrogen-bond donors (Lipinski definition) is 1. The van der Waals surface area contributed by atoms with E-state index in [4.69, 9.17) is 0 Å². The normalized spacial score (nSPS) is 13.1. The molecule has 0 unspecified atom stereocenters. The molecule has 16 heteroatoms. The van der Waals surface area contributed by atoms with Gasteiger partial charge < -0.3 is 0 Å². The predicted molar refractivity (Wildman–Crippen MR) is 233 cm³/mol. The number of hydrogen-bond acceptors (Lipinski definition) is 12. The maximum absolute atomic E-state index is 13.3. The van der Waals surface area contributed by atoms with E-state index >= 15 is 0 Å². The van der Waals surface area contributed by atoms with Crippen LogP contribution in [0.15, 0.2) is 101 Å². The molecule has 0 aliphatic heterocycles. The van der Waals surface area contributed by atoms with Crippen LogP contribution in [-0.4, -0.2) is 51.4 Å². The lowest BCUT2D eigenvalue weighted by molar-refractivity contribution is 0.0991. The number of ketones is 4. The van der Waals surface area contributed by atoms with E-state index in [1.54, 1.807) is 6.92 Å². The monoisotopic (exact) mass is 844 g/mol. The highest BCUT2D eigenvalue weighted by Crippen LogP contribution is 2.36. The van der Waals surface area contributed by atoms with Gasteiger partial charge >= 0.3 is 11.4 Å². The van der Waals surface area contributed by atoms with Crippen LogP contribution in [0, 0.1) is 13.8 Å². The molecule has 0 spiro atoms.